The molecule has 0 saturated heterocycles. The average molecular weight is 764 g/mol. The van der Waals surface area contributed by atoms with Crippen LogP contribution in [0.25, 0.3) is 22.3 Å². The monoisotopic (exact) mass is 763 g/mol. The first-order chi connectivity index (χ1) is 28.7. The Bertz CT molecular complexity index is 2350. The SMILES string of the molecule is COc1ccc(Cn2cc(-c3ccc(OCc4ccccc4)c(OCc4ccccc4)c3)c(-c3ccc(OCc4ccccc4)c(OCc4ccccc4)c3)c2)cc1. The van der Waals surface area contributed by atoms with E-state index in [0.29, 0.717) is 56.0 Å². The van der Waals surface area contributed by atoms with Gasteiger partial charge in [-0.15, -0.1) is 0 Å². The Balaban J connectivity index is 1.17. The molecule has 8 rings (SSSR count). The number of benzene rings is 7. The molecule has 288 valence electrons. The second-order valence-corrected chi connectivity index (χ2v) is 14.0. The second-order valence-electron chi connectivity index (χ2n) is 14.0. The Morgan fingerprint density at radius 1 is 0.362 bits per heavy atom. The highest BCUT2D eigenvalue weighted by atomic mass is 16.5. The number of ether oxygens (including phenoxy) is 5. The van der Waals surface area contributed by atoms with E-state index < -0.39 is 0 Å². The lowest BCUT2D eigenvalue weighted by Gasteiger charge is -2.16. The van der Waals surface area contributed by atoms with E-state index in [0.717, 1.165) is 55.8 Å². The van der Waals surface area contributed by atoms with Crippen molar-refractivity contribution in [3.8, 4) is 51.0 Å². The van der Waals surface area contributed by atoms with Crippen LogP contribution in [0.4, 0.5) is 0 Å². The lowest BCUT2D eigenvalue weighted by atomic mass is 9.98. The maximum atomic E-state index is 6.54. The van der Waals surface area contributed by atoms with Crippen LogP contribution < -0.4 is 23.7 Å². The van der Waals surface area contributed by atoms with E-state index in [4.69, 9.17) is 23.7 Å². The first-order valence-corrected chi connectivity index (χ1v) is 19.5. The standard InChI is InChI=1S/C52H45NO5/c1-54-46-26-22-39(23-27-46)32-53-33-47(44-24-28-49(55-35-40-14-6-2-7-15-40)51(30-44)57-37-42-18-10-4-11-19-42)48(34-53)45-25-29-50(56-36-41-16-8-3-9-17-41)52(31-45)58-38-43-20-12-5-13-21-43/h2-31,33-34H,32,35-38H2,1H3. The predicted octanol–water partition coefficient (Wildman–Crippen LogP) is 12.2. The van der Waals surface area contributed by atoms with Gasteiger partial charge in [0, 0.05) is 30.1 Å². The van der Waals surface area contributed by atoms with Crippen LogP contribution in [0.5, 0.6) is 28.7 Å². The highest BCUT2D eigenvalue weighted by Gasteiger charge is 2.18. The van der Waals surface area contributed by atoms with Crippen LogP contribution in [-0.2, 0) is 33.0 Å². The van der Waals surface area contributed by atoms with Gasteiger partial charge in [0.15, 0.2) is 23.0 Å². The molecule has 0 spiro atoms. The number of aromatic nitrogens is 1. The van der Waals surface area contributed by atoms with E-state index in [9.17, 15) is 0 Å². The molecule has 0 N–H and O–H groups in total. The van der Waals surface area contributed by atoms with Gasteiger partial charge in [-0.3, -0.25) is 0 Å². The Kier molecular flexibility index (Phi) is 12.1. The van der Waals surface area contributed by atoms with Crippen LogP contribution in [0.15, 0.2) is 194 Å². The quantitative estimate of drug-likeness (QED) is 0.0924. The van der Waals surface area contributed by atoms with Crippen molar-refractivity contribution in [3.63, 3.8) is 0 Å². The lowest BCUT2D eigenvalue weighted by Crippen LogP contribution is -2.01. The minimum absolute atomic E-state index is 0.407. The van der Waals surface area contributed by atoms with Crippen LogP contribution in [0.2, 0.25) is 0 Å². The van der Waals surface area contributed by atoms with Gasteiger partial charge in [0.25, 0.3) is 0 Å². The minimum Gasteiger partial charge on any atom is -0.497 e. The zero-order chi connectivity index (χ0) is 39.4. The molecule has 6 heteroatoms. The van der Waals surface area contributed by atoms with Gasteiger partial charge in [-0.05, 0) is 75.3 Å². The van der Waals surface area contributed by atoms with Gasteiger partial charge in [0.1, 0.15) is 32.2 Å². The van der Waals surface area contributed by atoms with Crippen LogP contribution in [0, 0.1) is 0 Å². The van der Waals surface area contributed by atoms with Crippen molar-refractivity contribution >= 4 is 0 Å². The lowest BCUT2D eigenvalue weighted by molar-refractivity contribution is 0.256. The first-order valence-electron chi connectivity index (χ1n) is 19.5. The summed E-state index contributed by atoms with van der Waals surface area (Å²) in [4.78, 5) is 0. The predicted molar refractivity (Wildman–Crippen MR) is 230 cm³/mol. The molecule has 0 amide bonds. The normalized spacial score (nSPS) is 10.8. The molecule has 0 atom stereocenters. The van der Waals surface area contributed by atoms with Crippen molar-refractivity contribution in [2.45, 2.75) is 33.0 Å². The van der Waals surface area contributed by atoms with Crippen LogP contribution in [0.1, 0.15) is 27.8 Å². The van der Waals surface area contributed by atoms with Crippen molar-refractivity contribution < 1.29 is 23.7 Å². The van der Waals surface area contributed by atoms with E-state index in [1.165, 1.54) is 0 Å². The van der Waals surface area contributed by atoms with Crippen molar-refractivity contribution in [2.24, 2.45) is 0 Å². The third-order valence-electron chi connectivity index (χ3n) is 9.86. The molecule has 0 aliphatic rings. The molecule has 0 fully saturated rings. The molecule has 0 aliphatic heterocycles. The summed E-state index contributed by atoms with van der Waals surface area (Å²) >= 11 is 0. The summed E-state index contributed by atoms with van der Waals surface area (Å²) in [7, 11) is 1.69. The summed E-state index contributed by atoms with van der Waals surface area (Å²) in [6.45, 7) is 2.33. The van der Waals surface area contributed by atoms with E-state index in [2.05, 4.69) is 102 Å². The molecule has 0 saturated carbocycles. The fraction of sp³-hybridized carbons (Fsp3) is 0.115. The van der Waals surface area contributed by atoms with Crippen molar-refractivity contribution in [3.05, 3.63) is 222 Å². The Morgan fingerprint density at radius 2 is 0.724 bits per heavy atom. The number of rotatable bonds is 17. The summed E-state index contributed by atoms with van der Waals surface area (Å²) < 4.78 is 33.5. The fourth-order valence-electron chi connectivity index (χ4n) is 6.76. The maximum Gasteiger partial charge on any atom is 0.162 e. The molecule has 0 unspecified atom stereocenters. The van der Waals surface area contributed by atoms with Crippen LogP contribution in [0.3, 0.4) is 0 Å². The van der Waals surface area contributed by atoms with E-state index in [1.54, 1.807) is 7.11 Å². The van der Waals surface area contributed by atoms with Gasteiger partial charge in [0.2, 0.25) is 0 Å². The van der Waals surface area contributed by atoms with Crippen molar-refractivity contribution in [1.82, 2.24) is 4.57 Å². The molecule has 8 aromatic rings. The van der Waals surface area contributed by atoms with Crippen molar-refractivity contribution in [1.29, 1.82) is 0 Å². The Hall–Kier alpha value is -7.18. The molecular formula is C52H45NO5. The average Bonchev–Trinajstić information content (AvgIpc) is 3.71. The highest BCUT2D eigenvalue weighted by Crippen LogP contribution is 2.41. The van der Waals surface area contributed by atoms with Gasteiger partial charge in [0.05, 0.1) is 7.11 Å². The third kappa shape index (κ3) is 9.78. The summed E-state index contributed by atoms with van der Waals surface area (Å²) in [6, 6.07) is 61.3. The smallest absolute Gasteiger partial charge is 0.162 e. The second kappa shape index (κ2) is 18.6. The fourth-order valence-corrected chi connectivity index (χ4v) is 6.76. The molecule has 0 aliphatic carbocycles. The number of methoxy groups -OCH3 is 1. The molecule has 1 heterocycles. The van der Waals surface area contributed by atoms with Crippen LogP contribution in [-0.4, -0.2) is 11.7 Å². The zero-order valence-electron chi connectivity index (χ0n) is 32.5. The molecule has 0 bridgehead atoms. The molecule has 7 aromatic carbocycles. The van der Waals surface area contributed by atoms with Gasteiger partial charge in [-0.1, -0.05) is 146 Å². The number of hydrogen-bond acceptors (Lipinski definition) is 5. The third-order valence-corrected chi connectivity index (χ3v) is 9.86. The summed E-state index contributed by atoms with van der Waals surface area (Å²) in [5.74, 6) is 3.52. The number of hydrogen-bond donors (Lipinski definition) is 0. The topological polar surface area (TPSA) is 51.1 Å². The van der Waals surface area contributed by atoms with Crippen LogP contribution >= 0.6 is 0 Å². The van der Waals surface area contributed by atoms with Gasteiger partial charge >= 0.3 is 0 Å². The molecular weight excluding hydrogens is 719 g/mol. The van der Waals surface area contributed by atoms with E-state index >= 15 is 0 Å². The maximum absolute atomic E-state index is 6.54. The molecule has 0 radical (unpaired) electrons. The minimum atomic E-state index is 0.407. The molecule has 6 nitrogen and oxygen atoms in total. The number of nitrogens with zero attached hydrogens (tertiary/aromatic N) is 1. The largest absolute Gasteiger partial charge is 0.497 e. The van der Waals surface area contributed by atoms with E-state index in [1.807, 2.05) is 97.1 Å². The summed E-state index contributed by atoms with van der Waals surface area (Å²) in [5.41, 5.74) is 9.54. The first kappa shape index (κ1) is 37.7. The zero-order valence-corrected chi connectivity index (χ0v) is 32.5. The summed E-state index contributed by atoms with van der Waals surface area (Å²) in [5, 5.41) is 0. The Morgan fingerprint density at radius 3 is 1.09 bits per heavy atom. The van der Waals surface area contributed by atoms with Gasteiger partial charge in [-0.25, -0.2) is 0 Å². The van der Waals surface area contributed by atoms with Gasteiger partial charge in [-0.2, -0.15) is 0 Å². The van der Waals surface area contributed by atoms with Gasteiger partial charge < -0.3 is 28.3 Å². The van der Waals surface area contributed by atoms with Crippen molar-refractivity contribution in [2.75, 3.05) is 7.11 Å². The molecule has 1 aromatic heterocycles. The van der Waals surface area contributed by atoms with E-state index in [-0.39, 0.29) is 0 Å². The Labute approximate surface area is 340 Å². The molecule has 58 heavy (non-hydrogen) atoms. The highest BCUT2D eigenvalue weighted by molar-refractivity contribution is 5.85. The summed E-state index contributed by atoms with van der Waals surface area (Å²) in [6.07, 6.45) is 4.40.